The number of hydrazine groups is 1. The number of nitrogens with zero attached hydrogens (tertiary/aromatic N) is 6. The average molecular weight is 369 g/mol. The number of hydrogen-bond acceptors (Lipinski definition) is 6. The predicted molar refractivity (Wildman–Crippen MR) is 104 cm³/mol. The van der Waals surface area contributed by atoms with Gasteiger partial charge in [-0.3, -0.25) is 9.48 Å². The Balaban J connectivity index is 1.54. The highest BCUT2D eigenvalue weighted by molar-refractivity contribution is 6.05. The Bertz CT molecular complexity index is 848. The zero-order valence-electron chi connectivity index (χ0n) is 16.4. The molecule has 8 heteroatoms. The molecule has 1 unspecified atom stereocenters. The van der Waals surface area contributed by atoms with Gasteiger partial charge in [0.2, 0.25) is 5.96 Å². The second-order valence-electron chi connectivity index (χ2n) is 7.76. The third-order valence-corrected chi connectivity index (χ3v) is 5.38. The van der Waals surface area contributed by atoms with Crippen LogP contribution in [-0.2, 0) is 7.05 Å². The minimum atomic E-state index is 0.0617. The third-order valence-electron chi connectivity index (χ3n) is 5.38. The number of guanidine groups is 1. The van der Waals surface area contributed by atoms with Gasteiger partial charge in [0.1, 0.15) is 12.4 Å². The van der Waals surface area contributed by atoms with Gasteiger partial charge in [0.25, 0.3) is 5.91 Å². The van der Waals surface area contributed by atoms with Crippen molar-refractivity contribution in [3.8, 4) is 0 Å². The Morgan fingerprint density at radius 2 is 2.19 bits per heavy atom. The number of amides is 1. The van der Waals surface area contributed by atoms with Crippen LogP contribution in [0.2, 0.25) is 0 Å². The van der Waals surface area contributed by atoms with Crippen LogP contribution in [0.25, 0.3) is 0 Å². The second-order valence-corrected chi connectivity index (χ2v) is 7.76. The molecule has 27 heavy (non-hydrogen) atoms. The second kappa shape index (κ2) is 6.92. The summed E-state index contributed by atoms with van der Waals surface area (Å²) < 4.78 is 1.71. The van der Waals surface area contributed by atoms with E-state index < -0.39 is 0 Å². The van der Waals surface area contributed by atoms with E-state index >= 15 is 0 Å². The van der Waals surface area contributed by atoms with Crippen LogP contribution in [0.1, 0.15) is 55.7 Å². The molecule has 1 fully saturated rings. The predicted octanol–water partition coefficient (Wildman–Crippen LogP) is 1.89. The molecular weight excluding hydrogens is 342 g/mol. The summed E-state index contributed by atoms with van der Waals surface area (Å²) in [5.41, 5.74) is 7.00. The zero-order valence-corrected chi connectivity index (χ0v) is 16.4. The number of hydrogen-bond donors (Lipinski definition) is 1. The molecule has 1 aromatic rings. The number of likely N-dealkylation sites (tertiary alicyclic amines) is 1. The zero-order chi connectivity index (χ0) is 19.1. The number of aliphatic imine (C=N–C) groups is 2. The number of aryl methyl sites for hydroxylation is 1. The summed E-state index contributed by atoms with van der Waals surface area (Å²) in [4.78, 5) is 24.0. The van der Waals surface area contributed by atoms with Crippen LogP contribution >= 0.6 is 0 Å². The van der Waals surface area contributed by atoms with Crippen molar-refractivity contribution in [2.45, 2.75) is 39.5 Å². The van der Waals surface area contributed by atoms with Crippen molar-refractivity contribution in [1.82, 2.24) is 25.1 Å². The molecule has 0 radical (unpaired) electrons. The van der Waals surface area contributed by atoms with Gasteiger partial charge in [-0.15, -0.1) is 0 Å². The fourth-order valence-corrected chi connectivity index (χ4v) is 3.92. The molecule has 3 aliphatic rings. The average Bonchev–Trinajstić information content (AvgIpc) is 3.27. The van der Waals surface area contributed by atoms with Crippen LogP contribution in [0.15, 0.2) is 27.8 Å². The lowest BCUT2D eigenvalue weighted by Crippen LogP contribution is -2.47. The van der Waals surface area contributed by atoms with Gasteiger partial charge in [-0.05, 0) is 37.8 Å². The monoisotopic (exact) mass is 369 g/mol. The van der Waals surface area contributed by atoms with Crippen molar-refractivity contribution < 1.29 is 4.79 Å². The highest BCUT2D eigenvalue weighted by Gasteiger charge is 2.34. The van der Waals surface area contributed by atoms with Crippen LogP contribution in [0.4, 0.5) is 0 Å². The van der Waals surface area contributed by atoms with Crippen LogP contribution in [0.5, 0.6) is 0 Å². The first-order valence-electron chi connectivity index (χ1n) is 9.62. The van der Waals surface area contributed by atoms with Gasteiger partial charge in [-0.25, -0.2) is 20.4 Å². The summed E-state index contributed by atoms with van der Waals surface area (Å²) in [6, 6.07) is 1.93. The Morgan fingerprint density at radius 3 is 2.93 bits per heavy atom. The van der Waals surface area contributed by atoms with E-state index in [4.69, 9.17) is 0 Å². The number of fused-ring (bicyclic) bond motifs is 1. The van der Waals surface area contributed by atoms with Crippen molar-refractivity contribution in [3.63, 3.8) is 0 Å². The summed E-state index contributed by atoms with van der Waals surface area (Å²) in [6.45, 7) is 8.21. The van der Waals surface area contributed by atoms with Gasteiger partial charge in [0.05, 0.1) is 5.69 Å². The van der Waals surface area contributed by atoms with E-state index in [0.717, 1.165) is 42.4 Å². The summed E-state index contributed by atoms with van der Waals surface area (Å²) in [6.07, 6.45) is 4.15. The highest BCUT2D eigenvalue weighted by atomic mass is 16.2. The molecule has 0 aromatic carbocycles. The molecule has 1 saturated heterocycles. The van der Waals surface area contributed by atoms with Gasteiger partial charge in [0.15, 0.2) is 0 Å². The van der Waals surface area contributed by atoms with E-state index in [1.165, 1.54) is 0 Å². The lowest BCUT2D eigenvalue weighted by molar-refractivity contribution is 0.0668. The number of nitrogens with one attached hydrogen (secondary N) is 1. The molecular formula is C19H27N7O. The number of rotatable bonds is 3. The first-order chi connectivity index (χ1) is 12.9. The van der Waals surface area contributed by atoms with Crippen molar-refractivity contribution in [1.29, 1.82) is 0 Å². The van der Waals surface area contributed by atoms with Gasteiger partial charge >= 0.3 is 0 Å². The van der Waals surface area contributed by atoms with Gasteiger partial charge in [-0.2, -0.15) is 5.10 Å². The summed E-state index contributed by atoms with van der Waals surface area (Å²) >= 11 is 0. The fraction of sp³-hybridized carbons (Fsp3) is 0.579. The first-order valence-corrected chi connectivity index (χ1v) is 9.62. The van der Waals surface area contributed by atoms with Crippen molar-refractivity contribution >= 4 is 17.6 Å². The van der Waals surface area contributed by atoms with Crippen LogP contribution in [0, 0.1) is 5.92 Å². The lowest BCUT2D eigenvalue weighted by Gasteiger charge is -2.37. The molecule has 1 amide bonds. The Morgan fingerprint density at radius 1 is 1.37 bits per heavy atom. The molecule has 1 atom stereocenters. The quantitative estimate of drug-likeness (QED) is 0.883. The van der Waals surface area contributed by atoms with Crippen LogP contribution < -0.4 is 5.43 Å². The summed E-state index contributed by atoms with van der Waals surface area (Å²) in [5, 5.41) is 6.48. The standard InChI is InChI=1S/C19H27N7O/c1-12(2)15-9-17(24(4)23-15)18(27)25-7-5-6-14(10-25)16-8-13(3)22-19-20-11-21-26(16)19/h8-9,12,14,21H,5-7,10-11H2,1-4H3. The maximum atomic E-state index is 13.1. The number of piperidine rings is 1. The molecule has 0 saturated carbocycles. The van der Waals surface area contributed by atoms with Crippen molar-refractivity contribution in [2.75, 3.05) is 19.8 Å². The molecule has 0 spiro atoms. The maximum Gasteiger partial charge on any atom is 0.272 e. The lowest BCUT2D eigenvalue weighted by atomic mass is 9.92. The Labute approximate surface area is 159 Å². The molecule has 8 nitrogen and oxygen atoms in total. The number of aromatic nitrogens is 2. The molecule has 3 aliphatic heterocycles. The Hall–Kier alpha value is -2.48. The van der Waals surface area contributed by atoms with Crippen LogP contribution in [0.3, 0.4) is 0 Å². The largest absolute Gasteiger partial charge is 0.337 e. The van der Waals surface area contributed by atoms with E-state index in [2.05, 4.69) is 40.4 Å². The number of carbonyl (C=O) groups is 1. The maximum absolute atomic E-state index is 13.1. The fourth-order valence-electron chi connectivity index (χ4n) is 3.92. The SMILES string of the molecule is CC1=NC2=NCNN2C(C2CCCN(C(=O)c3cc(C(C)C)nn3C)C2)=C1. The van der Waals surface area contributed by atoms with E-state index in [1.54, 1.807) is 4.68 Å². The third kappa shape index (κ3) is 3.29. The molecule has 0 bridgehead atoms. The minimum absolute atomic E-state index is 0.0617. The van der Waals surface area contributed by atoms with Gasteiger partial charge in [0, 0.05) is 37.5 Å². The first kappa shape index (κ1) is 17.9. The highest BCUT2D eigenvalue weighted by Crippen LogP contribution is 2.29. The van der Waals surface area contributed by atoms with Gasteiger partial charge in [-0.1, -0.05) is 13.8 Å². The van der Waals surface area contributed by atoms with E-state index in [-0.39, 0.29) is 11.8 Å². The normalized spacial score (nSPS) is 22.6. The molecule has 144 valence electrons. The van der Waals surface area contributed by atoms with E-state index in [0.29, 0.717) is 24.8 Å². The van der Waals surface area contributed by atoms with Crippen LogP contribution in [-0.4, -0.2) is 57.0 Å². The van der Waals surface area contributed by atoms with Gasteiger partial charge < -0.3 is 4.90 Å². The van der Waals surface area contributed by atoms with Crippen molar-refractivity contribution in [2.24, 2.45) is 23.0 Å². The molecule has 1 N–H and O–H groups in total. The molecule has 1 aromatic heterocycles. The summed E-state index contributed by atoms with van der Waals surface area (Å²) in [5.74, 6) is 1.36. The Kier molecular flexibility index (Phi) is 4.59. The minimum Gasteiger partial charge on any atom is -0.337 e. The molecule has 4 rings (SSSR count). The number of allylic oxidation sites excluding steroid dienone is 1. The molecule has 4 heterocycles. The van der Waals surface area contributed by atoms with E-state index in [9.17, 15) is 4.79 Å². The smallest absolute Gasteiger partial charge is 0.272 e. The number of carbonyl (C=O) groups excluding carboxylic acids is 1. The molecule has 0 aliphatic carbocycles. The summed E-state index contributed by atoms with van der Waals surface area (Å²) in [7, 11) is 1.85. The van der Waals surface area contributed by atoms with E-state index in [1.807, 2.05) is 29.9 Å². The topological polar surface area (TPSA) is 78.1 Å². The van der Waals surface area contributed by atoms with Crippen molar-refractivity contribution in [3.05, 3.63) is 29.2 Å².